The summed E-state index contributed by atoms with van der Waals surface area (Å²) in [6.07, 6.45) is 3.58. The number of benzene rings is 2. The zero-order chi connectivity index (χ0) is 23.1. The molecule has 0 aromatic heterocycles. The van der Waals surface area contributed by atoms with Crippen LogP contribution in [0.1, 0.15) is 60.2 Å². The van der Waals surface area contributed by atoms with Crippen LogP contribution in [0, 0.1) is 0 Å². The van der Waals surface area contributed by atoms with Crippen LogP contribution in [0.2, 0.25) is 0 Å². The molecule has 0 aliphatic heterocycles. The van der Waals surface area contributed by atoms with Gasteiger partial charge in [0.15, 0.2) is 0 Å². The molecule has 0 radical (unpaired) electrons. The summed E-state index contributed by atoms with van der Waals surface area (Å²) in [4.78, 5) is 26.2. The molecule has 1 aliphatic carbocycles. The Morgan fingerprint density at radius 2 is 1.22 bits per heavy atom. The summed E-state index contributed by atoms with van der Waals surface area (Å²) in [5.74, 6) is 0.664. The standard InChI is InChI=1S/C24H28Br2N2O4/c1-3-31-21-11-9-15(25)13-17(21)23(29)27-19-7-5-6-8-20(19)28-24(30)18-14-16(26)10-12-22(18)32-4-2/h9-14,19-20H,3-8H2,1-2H3,(H,27,29)(H,28,30). The zero-order valence-electron chi connectivity index (χ0n) is 18.3. The van der Waals surface area contributed by atoms with Gasteiger partial charge in [0.25, 0.3) is 11.8 Å². The Morgan fingerprint density at radius 1 is 0.812 bits per heavy atom. The predicted molar refractivity (Wildman–Crippen MR) is 132 cm³/mol. The summed E-state index contributed by atoms with van der Waals surface area (Å²) >= 11 is 6.86. The highest BCUT2D eigenvalue weighted by molar-refractivity contribution is 9.10. The van der Waals surface area contributed by atoms with Gasteiger partial charge in [-0.1, -0.05) is 44.7 Å². The number of hydrogen-bond donors (Lipinski definition) is 2. The summed E-state index contributed by atoms with van der Waals surface area (Å²) in [7, 11) is 0. The van der Waals surface area contributed by atoms with Crippen LogP contribution in [0.4, 0.5) is 0 Å². The molecule has 32 heavy (non-hydrogen) atoms. The van der Waals surface area contributed by atoms with Gasteiger partial charge in [-0.05, 0) is 63.1 Å². The number of nitrogens with one attached hydrogen (secondary N) is 2. The van der Waals surface area contributed by atoms with E-state index in [0.29, 0.717) is 35.8 Å². The van der Waals surface area contributed by atoms with Crippen LogP contribution in [0.5, 0.6) is 11.5 Å². The topological polar surface area (TPSA) is 76.7 Å². The van der Waals surface area contributed by atoms with Crippen molar-refractivity contribution in [3.05, 3.63) is 56.5 Å². The van der Waals surface area contributed by atoms with E-state index in [9.17, 15) is 9.59 Å². The van der Waals surface area contributed by atoms with Crippen molar-refractivity contribution in [2.24, 2.45) is 0 Å². The molecule has 172 valence electrons. The molecule has 1 fully saturated rings. The van der Waals surface area contributed by atoms with Crippen molar-refractivity contribution in [3.63, 3.8) is 0 Å². The number of ether oxygens (including phenoxy) is 2. The second-order valence-corrected chi connectivity index (χ2v) is 9.42. The monoisotopic (exact) mass is 566 g/mol. The Kier molecular flexibility index (Phi) is 8.99. The minimum atomic E-state index is -0.210. The van der Waals surface area contributed by atoms with E-state index in [1.54, 1.807) is 24.3 Å². The van der Waals surface area contributed by atoms with Crippen molar-refractivity contribution in [2.45, 2.75) is 51.6 Å². The van der Waals surface area contributed by atoms with E-state index in [2.05, 4.69) is 42.5 Å². The maximum absolute atomic E-state index is 13.1. The minimum Gasteiger partial charge on any atom is -0.493 e. The molecule has 2 aromatic carbocycles. The van der Waals surface area contributed by atoms with Gasteiger partial charge >= 0.3 is 0 Å². The molecule has 1 saturated carbocycles. The van der Waals surface area contributed by atoms with Crippen LogP contribution >= 0.6 is 31.9 Å². The van der Waals surface area contributed by atoms with Gasteiger partial charge in [-0.2, -0.15) is 0 Å². The maximum atomic E-state index is 13.1. The van der Waals surface area contributed by atoms with Crippen LogP contribution in [0.15, 0.2) is 45.3 Å². The van der Waals surface area contributed by atoms with Gasteiger partial charge in [-0.15, -0.1) is 0 Å². The van der Waals surface area contributed by atoms with E-state index in [-0.39, 0.29) is 23.9 Å². The number of carbonyl (C=O) groups is 2. The number of carbonyl (C=O) groups excluding carboxylic acids is 2. The van der Waals surface area contributed by atoms with Gasteiger partial charge in [0, 0.05) is 21.0 Å². The molecule has 0 heterocycles. The molecule has 0 bridgehead atoms. The van der Waals surface area contributed by atoms with Crippen molar-refractivity contribution >= 4 is 43.7 Å². The molecule has 6 nitrogen and oxygen atoms in total. The zero-order valence-corrected chi connectivity index (χ0v) is 21.4. The summed E-state index contributed by atoms with van der Waals surface area (Å²) in [6.45, 7) is 4.71. The smallest absolute Gasteiger partial charge is 0.255 e. The van der Waals surface area contributed by atoms with E-state index in [1.165, 1.54) is 0 Å². The van der Waals surface area contributed by atoms with Gasteiger partial charge in [0.05, 0.1) is 24.3 Å². The lowest BCUT2D eigenvalue weighted by atomic mass is 9.89. The van der Waals surface area contributed by atoms with Crippen LogP contribution in [0.3, 0.4) is 0 Å². The molecule has 2 atom stereocenters. The van der Waals surface area contributed by atoms with E-state index < -0.39 is 0 Å². The molecule has 2 aromatic rings. The number of rotatable bonds is 8. The Bertz CT molecular complexity index is 890. The van der Waals surface area contributed by atoms with Crippen molar-refractivity contribution in [1.82, 2.24) is 10.6 Å². The van der Waals surface area contributed by atoms with Gasteiger partial charge in [-0.3, -0.25) is 9.59 Å². The molecule has 3 rings (SSSR count). The fraction of sp³-hybridized carbons (Fsp3) is 0.417. The summed E-state index contributed by atoms with van der Waals surface area (Å²) in [6, 6.07) is 10.4. The molecule has 2 amide bonds. The Morgan fingerprint density at radius 3 is 1.59 bits per heavy atom. The molecule has 0 saturated heterocycles. The van der Waals surface area contributed by atoms with Crippen molar-refractivity contribution in [1.29, 1.82) is 0 Å². The third kappa shape index (κ3) is 6.25. The van der Waals surface area contributed by atoms with Gasteiger partial charge in [0.2, 0.25) is 0 Å². The normalized spacial score (nSPS) is 18.0. The Labute approximate surface area is 205 Å². The van der Waals surface area contributed by atoms with Gasteiger partial charge < -0.3 is 20.1 Å². The number of halogens is 2. The average molecular weight is 568 g/mol. The molecule has 0 spiro atoms. The summed E-state index contributed by atoms with van der Waals surface area (Å²) in [5, 5.41) is 6.25. The lowest BCUT2D eigenvalue weighted by Gasteiger charge is -2.33. The van der Waals surface area contributed by atoms with E-state index >= 15 is 0 Å². The highest BCUT2D eigenvalue weighted by atomic mass is 79.9. The quantitative estimate of drug-likeness (QED) is 0.443. The largest absolute Gasteiger partial charge is 0.493 e. The third-order valence-electron chi connectivity index (χ3n) is 5.37. The lowest BCUT2D eigenvalue weighted by Crippen LogP contribution is -2.53. The summed E-state index contributed by atoms with van der Waals surface area (Å²) in [5.41, 5.74) is 0.949. The Balaban J connectivity index is 1.76. The van der Waals surface area contributed by atoms with Gasteiger partial charge in [-0.25, -0.2) is 0 Å². The first-order valence-electron chi connectivity index (χ1n) is 10.9. The van der Waals surface area contributed by atoms with Crippen molar-refractivity contribution < 1.29 is 19.1 Å². The SMILES string of the molecule is CCOc1ccc(Br)cc1C(=O)NC1CCCCC1NC(=O)c1cc(Br)ccc1OCC. The number of amides is 2. The minimum absolute atomic E-state index is 0.170. The van der Waals surface area contributed by atoms with Crippen LogP contribution in [0.25, 0.3) is 0 Å². The number of hydrogen-bond acceptors (Lipinski definition) is 4. The van der Waals surface area contributed by atoms with E-state index in [1.807, 2.05) is 26.0 Å². The fourth-order valence-electron chi connectivity index (χ4n) is 3.89. The van der Waals surface area contributed by atoms with Gasteiger partial charge in [0.1, 0.15) is 11.5 Å². The lowest BCUT2D eigenvalue weighted by molar-refractivity contribution is 0.0858. The molecule has 2 N–H and O–H groups in total. The van der Waals surface area contributed by atoms with Crippen LogP contribution in [-0.2, 0) is 0 Å². The highest BCUT2D eigenvalue weighted by Crippen LogP contribution is 2.27. The van der Waals surface area contributed by atoms with Crippen molar-refractivity contribution in [3.8, 4) is 11.5 Å². The highest BCUT2D eigenvalue weighted by Gasteiger charge is 2.30. The van der Waals surface area contributed by atoms with E-state index in [0.717, 1.165) is 34.6 Å². The molecule has 1 aliphatic rings. The van der Waals surface area contributed by atoms with Crippen molar-refractivity contribution in [2.75, 3.05) is 13.2 Å². The molecule has 2 unspecified atom stereocenters. The van der Waals surface area contributed by atoms with Crippen LogP contribution in [-0.4, -0.2) is 37.1 Å². The second-order valence-electron chi connectivity index (χ2n) is 7.59. The summed E-state index contributed by atoms with van der Waals surface area (Å²) < 4.78 is 12.9. The van der Waals surface area contributed by atoms with E-state index in [4.69, 9.17) is 9.47 Å². The fourth-order valence-corrected chi connectivity index (χ4v) is 4.61. The first kappa shape index (κ1) is 24.6. The average Bonchev–Trinajstić information content (AvgIpc) is 2.77. The maximum Gasteiger partial charge on any atom is 0.255 e. The molecule has 8 heteroatoms. The third-order valence-corrected chi connectivity index (χ3v) is 6.36. The second kappa shape index (κ2) is 11.7. The molecular formula is C24H28Br2N2O4. The van der Waals surface area contributed by atoms with Crippen LogP contribution < -0.4 is 20.1 Å². The first-order valence-corrected chi connectivity index (χ1v) is 12.5. The Hall–Kier alpha value is -2.06. The predicted octanol–water partition coefficient (Wildman–Crippen LogP) is 5.48. The first-order chi connectivity index (χ1) is 15.4. The molecular weight excluding hydrogens is 540 g/mol.